The van der Waals surface area contributed by atoms with Gasteiger partial charge in [0.2, 0.25) is 5.91 Å². The monoisotopic (exact) mass is 447 g/mol. The van der Waals surface area contributed by atoms with Gasteiger partial charge in [-0.3, -0.25) is 4.79 Å². The van der Waals surface area contributed by atoms with E-state index in [2.05, 4.69) is 25.2 Å². The largest absolute Gasteiger partial charge is 0.444 e. The van der Waals surface area contributed by atoms with Crippen molar-refractivity contribution in [3.8, 4) is 6.07 Å². The highest BCUT2D eigenvalue weighted by atomic mass is 16.6. The Bertz CT molecular complexity index is 757. The Morgan fingerprint density at radius 1 is 1.22 bits per heavy atom. The highest BCUT2D eigenvalue weighted by Crippen LogP contribution is 2.49. The quantitative estimate of drug-likeness (QED) is 0.678. The Morgan fingerprint density at radius 2 is 1.91 bits per heavy atom. The highest BCUT2D eigenvalue weighted by Gasteiger charge is 2.50. The van der Waals surface area contributed by atoms with Crippen LogP contribution in [0.2, 0.25) is 0 Å². The number of rotatable bonds is 4. The fourth-order valence-corrected chi connectivity index (χ4v) is 6.37. The summed E-state index contributed by atoms with van der Waals surface area (Å²) >= 11 is 0. The van der Waals surface area contributed by atoms with E-state index in [4.69, 9.17) is 4.74 Å². The summed E-state index contributed by atoms with van der Waals surface area (Å²) in [5.74, 6) is 0.662. The molecule has 0 aromatic carbocycles. The predicted molar refractivity (Wildman–Crippen MR) is 121 cm³/mol. The van der Waals surface area contributed by atoms with Gasteiger partial charge in [0.1, 0.15) is 17.7 Å². The number of aliphatic hydroxyl groups is 1. The topological polar surface area (TPSA) is 103 Å². The molecule has 180 valence electrons. The summed E-state index contributed by atoms with van der Waals surface area (Å²) in [5, 5.41) is 23.9. The zero-order chi connectivity index (χ0) is 23.8. The van der Waals surface area contributed by atoms with Crippen LogP contribution in [-0.4, -0.2) is 51.3 Å². The standard InChI is InChI=1S/C25H41N3O4/c1-7-17-9-18-10-19(13-25(31,11-17)12-18)21(27-23(30)32-24(4,5)6)22(29)28-16(3)15(2)8-20(28)14-26/h15-21,31H,7-13H2,1-6H3,(H,27,30)/t15-,16-,17?,18?,19?,20-,21-,25?/m0/s1. The van der Waals surface area contributed by atoms with E-state index in [9.17, 15) is 20.0 Å². The minimum atomic E-state index is -0.805. The van der Waals surface area contributed by atoms with Gasteiger partial charge < -0.3 is 20.1 Å². The second-order valence-electron chi connectivity index (χ2n) is 11.7. The normalized spacial score (nSPS) is 38.0. The number of alkyl carbamates (subject to hydrolysis) is 1. The molecule has 0 spiro atoms. The van der Waals surface area contributed by atoms with E-state index < -0.39 is 29.4 Å². The molecule has 32 heavy (non-hydrogen) atoms. The van der Waals surface area contributed by atoms with Crippen molar-refractivity contribution in [3.05, 3.63) is 0 Å². The first kappa shape index (κ1) is 24.8. The Labute approximate surface area is 192 Å². The maximum atomic E-state index is 13.8. The van der Waals surface area contributed by atoms with Crippen LogP contribution in [0.1, 0.15) is 86.5 Å². The summed E-state index contributed by atoms with van der Waals surface area (Å²) in [5.41, 5.74) is -1.48. The molecule has 2 bridgehead atoms. The SMILES string of the molecule is CCC1CC2CC([C@H](NC(=O)OC(C)(C)C)C(=O)N3[C@H](C#N)C[C@H](C)[C@@H]3C)CC(O)(C1)C2. The van der Waals surface area contributed by atoms with Gasteiger partial charge in [-0.15, -0.1) is 0 Å². The number of nitriles is 1. The lowest BCUT2D eigenvalue weighted by Crippen LogP contribution is -2.59. The van der Waals surface area contributed by atoms with Gasteiger partial charge in [-0.2, -0.15) is 5.26 Å². The summed E-state index contributed by atoms with van der Waals surface area (Å²) in [6, 6.07) is 0.901. The van der Waals surface area contributed by atoms with Crippen LogP contribution >= 0.6 is 0 Å². The zero-order valence-corrected chi connectivity index (χ0v) is 20.6. The number of carbonyl (C=O) groups is 2. The highest BCUT2D eigenvalue weighted by molar-refractivity contribution is 5.87. The molecule has 0 aromatic heterocycles. The molecule has 0 radical (unpaired) electrons. The molecular formula is C25H41N3O4. The van der Waals surface area contributed by atoms with Gasteiger partial charge in [0.05, 0.1) is 11.7 Å². The second-order valence-corrected chi connectivity index (χ2v) is 11.7. The van der Waals surface area contributed by atoms with Crippen molar-refractivity contribution in [1.29, 1.82) is 5.26 Å². The molecule has 1 saturated heterocycles. The lowest BCUT2D eigenvalue weighted by atomic mass is 9.60. The van der Waals surface area contributed by atoms with Crippen molar-refractivity contribution < 1.29 is 19.4 Å². The second kappa shape index (κ2) is 9.21. The molecule has 7 nitrogen and oxygen atoms in total. The molecule has 0 aromatic rings. The lowest BCUT2D eigenvalue weighted by molar-refractivity contribution is -0.141. The van der Waals surface area contributed by atoms with Crippen molar-refractivity contribution >= 4 is 12.0 Å². The van der Waals surface area contributed by atoms with Gasteiger partial charge in [0, 0.05) is 6.04 Å². The van der Waals surface area contributed by atoms with Crippen LogP contribution in [0.25, 0.3) is 0 Å². The van der Waals surface area contributed by atoms with Crippen LogP contribution in [0, 0.1) is 35.0 Å². The van der Waals surface area contributed by atoms with Gasteiger partial charge in [-0.25, -0.2) is 4.79 Å². The van der Waals surface area contributed by atoms with Crippen molar-refractivity contribution in [2.75, 3.05) is 0 Å². The Kier molecular flexibility index (Phi) is 7.14. The van der Waals surface area contributed by atoms with Crippen molar-refractivity contribution in [3.63, 3.8) is 0 Å². The fraction of sp³-hybridized carbons (Fsp3) is 0.880. The molecule has 2 aliphatic carbocycles. The first-order valence-corrected chi connectivity index (χ1v) is 12.3. The van der Waals surface area contributed by atoms with E-state index in [0.717, 1.165) is 32.1 Å². The van der Waals surface area contributed by atoms with Crippen LogP contribution in [-0.2, 0) is 9.53 Å². The molecule has 2 saturated carbocycles. The van der Waals surface area contributed by atoms with E-state index in [0.29, 0.717) is 24.7 Å². The van der Waals surface area contributed by atoms with E-state index in [-0.39, 0.29) is 23.8 Å². The van der Waals surface area contributed by atoms with Crippen molar-refractivity contribution in [2.45, 2.75) is 116 Å². The van der Waals surface area contributed by atoms with E-state index in [1.807, 2.05) is 6.92 Å². The van der Waals surface area contributed by atoms with Crippen LogP contribution < -0.4 is 5.32 Å². The predicted octanol–water partition coefficient (Wildman–Crippen LogP) is 4.00. The number of nitrogens with one attached hydrogen (secondary N) is 1. The average molecular weight is 448 g/mol. The Balaban J connectivity index is 1.87. The number of fused-ring (bicyclic) bond motifs is 2. The molecule has 1 heterocycles. The van der Waals surface area contributed by atoms with Gasteiger partial charge in [0.15, 0.2) is 0 Å². The van der Waals surface area contributed by atoms with E-state index in [1.165, 1.54) is 0 Å². The van der Waals surface area contributed by atoms with E-state index in [1.54, 1.807) is 25.7 Å². The van der Waals surface area contributed by atoms with Crippen molar-refractivity contribution in [1.82, 2.24) is 10.2 Å². The number of ether oxygens (including phenoxy) is 1. The minimum Gasteiger partial charge on any atom is -0.444 e. The molecule has 3 aliphatic rings. The van der Waals surface area contributed by atoms with Crippen LogP contribution in [0.15, 0.2) is 0 Å². The smallest absolute Gasteiger partial charge is 0.408 e. The summed E-state index contributed by atoms with van der Waals surface area (Å²) in [7, 11) is 0. The molecule has 4 unspecified atom stereocenters. The first-order valence-electron chi connectivity index (χ1n) is 12.3. The molecule has 2 amide bonds. The van der Waals surface area contributed by atoms with E-state index >= 15 is 0 Å². The summed E-state index contributed by atoms with van der Waals surface area (Å²) < 4.78 is 5.48. The van der Waals surface area contributed by atoms with Crippen LogP contribution in [0.4, 0.5) is 4.79 Å². The number of amides is 2. The van der Waals surface area contributed by atoms with Gasteiger partial charge in [-0.05, 0) is 89.9 Å². The Hall–Kier alpha value is -1.81. The molecule has 3 rings (SSSR count). The molecule has 7 heteroatoms. The van der Waals surface area contributed by atoms with Crippen molar-refractivity contribution in [2.24, 2.45) is 23.7 Å². The molecular weight excluding hydrogens is 406 g/mol. The Morgan fingerprint density at radius 3 is 2.47 bits per heavy atom. The van der Waals surface area contributed by atoms with Crippen LogP contribution in [0.3, 0.4) is 0 Å². The number of carbonyl (C=O) groups excluding carboxylic acids is 2. The number of hydrogen-bond donors (Lipinski definition) is 2. The molecule has 1 aliphatic heterocycles. The average Bonchev–Trinajstić information content (AvgIpc) is 2.96. The fourth-order valence-electron chi connectivity index (χ4n) is 6.37. The molecule has 2 N–H and O–H groups in total. The third-order valence-corrected chi connectivity index (χ3v) is 7.87. The summed E-state index contributed by atoms with van der Waals surface area (Å²) in [6.07, 6.45) is 4.92. The molecule has 3 fully saturated rings. The molecule has 8 atom stereocenters. The third kappa shape index (κ3) is 5.39. The van der Waals surface area contributed by atoms with Gasteiger partial charge in [-0.1, -0.05) is 20.3 Å². The number of hydrogen-bond acceptors (Lipinski definition) is 5. The van der Waals surface area contributed by atoms with Gasteiger partial charge >= 0.3 is 6.09 Å². The minimum absolute atomic E-state index is 0.0780. The number of nitrogens with zero attached hydrogens (tertiary/aromatic N) is 2. The maximum absolute atomic E-state index is 13.8. The van der Waals surface area contributed by atoms with Crippen LogP contribution in [0.5, 0.6) is 0 Å². The number of likely N-dealkylation sites (tertiary alicyclic amines) is 1. The zero-order valence-electron chi connectivity index (χ0n) is 20.6. The third-order valence-electron chi connectivity index (χ3n) is 7.87. The first-order chi connectivity index (χ1) is 14.9. The lowest BCUT2D eigenvalue weighted by Gasteiger charge is -2.49. The summed E-state index contributed by atoms with van der Waals surface area (Å²) in [6.45, 7) is 11.6. The van der Waals surface area contributed by atoms with Gasteiger partial charge in [0.25, 0.3) is 0 Å². The summed E-state index contributed by atoms with van der Waals surface area (Å²) in [4.78, 5) is 28.2. The maximum Gasteiger partial charge on any atom is 0.408 e.